The molecule has 3 aromatic rings. The lowest BCUT2D eigenvalue weighted by Gasteiger charge is -2.23. The average molecular weight is 459 g/mol. The van der Waals surface area contributed by atoms with E-state index in [1.165, 1.54) is 17.0 Å². The summed E-state index contributed by atoms with van der Waals surface area (Å²) in [7, 11) is 0. The molecule has 8 heteroatoms. The van der Waals surface area contributed by atoms with Crippen LogP contribution in [0.15, 0.2) is 46.6 Å². The van der Waals surface area contributed by atoms with E-state index in [-0.39, 0.29) is 11.5 Å². The van der Waals surface area contributed by atoms with Gasteiger partial charge in [0.2, 0.25) is 5.91 Å². The van der Waals surface area contributed by atoms with Crippen LogP contribution in [-0.2, 0) is 11.3 Å². The number of H-pyrrole nitrogens is 1. The zero-order chi connectivity index (χ0) is 22.1. The molecule has 2 N–H and O–H groups in total. The molecular weight excluding hydrogens is 428 g/mol. The number of rotatable bonds is 12. The van der Waals surface area contributed by atoms with Crippen LogP contribution in [0.25, 0.3) is 10.2 Å². The van der Waals surface area contributed by atoms with E-state index in [1.807, 2.05) is 29.6 Å². The minimum Gasteiger partial charge on any atom is -0.372 e. The Labute approximate surface area is 191 Å². The highest BCUT2D eigenvalue weighted by Gasteiger charge is 2.07. The van der Waals surface area contributed by atoms with Crippen LogP contribution in [0.3, 0.4) is 0 Å². The monoisotopic (exact) mass is 458 g/mol. The second-order valence-corrected chi connectivity index (χ2v) is 8.78. The Morgan fingerprint density at radius 1 is 1.16 bits per heavy atom. The summed E-state index contributed by atoms with van der Waals surface area (Å²) in [5.41, 5.74) is 2.00. The number of para-hydroxylation sites is 1. The molecule has 0 saturated heterocycles. The van der Waals surface area contributed by atoms with Gasteiger partial charge in [0.15, 0.2) is 4.77 Å². The molecule has 0 fully saturated rings. The maximum Gasteiger partial charge on any atom is 0.272 e. The predicted molar refractivity (Wildman–Crippen MR) is 132 cm³/mol. The number of unbranched alkanes of at least 4 members (excludes halogenated alkanes) is 2. The number of nitrogens with one attached hydrogen (secondary N) is 2. The molecule has 0 bridgehead atoms. The number of thiophene rings is 1. The average Bonchev–Trinajstić information content (AvgIpc) is 3.25. The van der Waals surface area contributed by atoms with Gasteiger partial charge in [-0.3, -0.25) is 14.2 Å². The minimum absolute atomic E-state index is 0.0249. The minimum atomic E-state index is -0.0249. The quantitative estimate of drug-likeness (QED) is 0.305. The molecule has 2 heterocycles. The predicted octanol–water partition coefficient (Wildman–Crippen LogP) is 4.71. The van der Waals surface area contributed by atoms with Crippen LogP contribution in [0.2, 0.25) is 0 Å². The van der Waals surface area contributed by atoms with E-state index in [4.69, 9.17) is 12.2 Å². The first-order chi connectivity index (χ1) is 15.1. The van der Waals surface area contributed by atoms with Crippen molar-refractivity contribution < 1.29 is 4.79 Å². The molecule has 1 amide bonds. The number of aromatic amines is 1. The van der Waals surface area contributed by atoms with E-state index in [0.29, 0.717) is 29.0 Å². The third kappa shape index (κ3) is 6.51. The van der Waals surface area contributed by atoms with Gasteiger partial charge in [-0.25, -0.2) is 0 Å². The van der Waals surface area contributed by atoms with E-state index in [1.54, 1.807) is 4.57 Å². The molecule has 0 aliphatic rings. The molecule has 3 rings (SSSR count). The van der Waals surface area contributed by atoms with Crippen LogP contribution < -0.4 is 15.8 Å². The molecule has 6 nitrogen and oxygen atoms in total. The molecule has 0 atom stereocenters. The molecule has 1 aromatic carbocycles. The normalized spacial score (nSPS) is 11.0. The highest BCUT2D eigenvalue weighted by Crippen LogP contribution is 2.14. The Hall–Kier alpha value is -2.45. The van der Waals surface area contributed by atoms with Gasteiger partial charge in [-0.15, -0.1) is 11.3 Å². The number of amides is 1. The van der Waals surface area contributed by atoms with Gasteiger partial charge in [0.05, 0.1) is 5.52 Å². The zero-order valence-corrected chi connectivity index (χ0v) is 19.6. The molecular formula is C23H30N4O2S2. The van der Waals surface area contributed by atoms with Gasteiger partial charge >= 0.3 is 0 Å². The fraction of sp³-hybridized carbons (Fsp3) is 0.435. The number of aromatic nitrogens is 2. The number of benzene rings is 1. The maximum absolute atomic E-state index is 12.5. The standard InChI is InChI=1S/C23H30N4O2S2/c1-2-26(18-10-5-3-6-11-18)15-9-14-24-20(28)12-7-4-8-16-27-22(29)21-19(13-17-31-21)25-23(27)30/h3,5-6,10-11,13,17H,2,4,7-9,12,14-16H2,1H3,(H,24,28)(H,25,30). The van der Waals surface area contributed by atoms with Crippen molar-refractivity contribution in [2.45, 2.75) is 45.6 Å². The summed E-state index contributed by atoms with van der Waals surface area (Å²) in [6.45, 7) is 5.28. The Balaban J connectivity index is 1.31. The first kappa shape index (κ1) is 23.2. The highest BCUT2D eigenvalue weighted by molar-refractivity contribution is 7.71. The first-order valence-electron chi connectivity index (χ1n) is 10.9. The van der Waals surface area contributed by atoms with E-state index >= 15 is 0 Å². The van der Waals surface area contributed by atoms with Gasteiger partial charge in [0.1, 0.15) is 4.70 Å². The van der Waals surface area contributed by atoms with Gasteiger partial charge in [-0.05, 0) is 62.0 Å². The smallest absolute Gasteiger partial charge is 0.272 e. The van der Waals surface area contributed by atoms with Crippen LogP contribution in [0, 0.1) is 4.77 Å². The summed E-state index contributed by atoms with van der Waals surface area (Å²) in [6, 6.07) is 12.2. The Bertz CT molecular complexity index is 1090. The van der Waals surface area contributed by atoms with Crippen molar-refractivity contribution in [1.29, 1.82) is 0 Å². The van der Waals surface area contributed by atoms with E-state index in [0.717, 1.165) is 44.3 Å². The van der Waals surface area contributed by atoms with Gasteiger partial charge in [0, 0.05) is 38.3 Å². The fourth-order valence-corrected chi connectivity index (χ4v) is 4.68. The summed E-state index contributed by atoms with van der Waals surface area (Å²) < 4.78 is 2.80. The molecule has 166 valence electrons. The van der Waals surface area contributed by atoms with E-state index in [9.17, 15) is 9.59 Å². The molecule has 0 spiro atoms. The fourth-order valence-electron chi connectivity index (χ4n) is 3.60. The lowest BCUT2D eigenvalue weighted by molar-refractivity contribution is -0.121. The number of carbonyl (C=O) groups excluding carboxylic acids is 1. The molecule has 0 aliphatic heterocycles. The Kier molecular flexibility index (Phi) is 8.85. The zero-order valence-electron chi connectivity index (χ0n) is 17.9. The lowest BCUT2D eigenvalue weighted by Crippen LogP contribution is -2.29. The van der Waals surface area contributed by atoms with Crippen molar-refractivity contribution in [2.75, 3.05) is 24.5 Å². The van der Waals surface area contributed by atoms with Crippen LogP contribution in [0.1, 0.15) is 39.0 Å². The molecule has 2 aromatic heterocycles. The van der Waals surface area contributed by atoms with Crippen molar-refractivity contribution >= 4 is 45.4 Å². The van der Waals surface area contributed by atoms with Crippen molar-refractivity contribution in [2.24, 2.45) is 0 Å². The second-order valence-electron chi connectivity index (χ2n) is 7.48. The third-order valence-corrected chi connectivity index (χ3v) is 6.53. The van der Waals surface area contributed by atoms with Gasteiger partial charge in [-0.1, -0.05) is 24.6 Å². The number of anilines is 1. The van der Waals surface area contributed by atoms with Crippen molar-refractivity contribution in [3.05, 3.63) is 56.9 Å². The molecule has 0 aliphatic carbocycles. The molecule has 0 unspecified atom stereocenters. The Morgan fingerprint density at radius 2 is 1.97 bits per heavy atom. The summed E-state index contributed by atoms with van der Waals surface area (Å²) in [5.74, 6) is 0.0947. The maximum atomic E-state index is 12.5. The number of hydrogen-bond acceptors (Lipinski definition) is 5. The van der Waals surface area contributed by atoms with Crippen LogP contribution >= 0.6 is 23.6 Å². The summed E-state index contributed by atoms with van der Waals surface area (Å²) in [4.78, 5) is 30.0. The molecule has 31 heavy (non-hydrogen) atoms. The van der Waals surface area contributed by atoms with Gasteiger partial charge < -0.3 is 15.2 Å². The summed E-state index contributed by atoms with van der Waals surface area (Å²) in [6.07, 6.45) is 3.95. The van der Waals surface area contributed by atoms with Crippen molar-refractivity contribution in [3.63, 3.8) is 0 Å². The van der Waals surface area contributed by atoms with Gasteiger partial charge in [0.25, 0.3) is 5.56 Å². The Morgan fingerprint density at radius 3 is 2.74 bits per heavy atom. The largest absolute Gasteiger partial charge is 0.372 e. The SMILES string of the molecule is CCN(CCCNC(=O)CCCCCn1c(=S)[nH]c2ccsc2c1=O)c1ccccc1. The number of carbonyl (C=O) groups is 1. The third-order valence-electron chi connectivity index (χ3n) is 5.31. The second kappa shape index (κ2) is 11.8. The summed E-state index contributed by atoms with van der Waals surface area (Å²) >= 11 is 6.74. The number of nitrogens with zero attached hydrogens (tertiary/aromatic N) is 2. The molecule has 0 saturated carbocycles. The van der Waals surface area contributed by atoms with Crippen LogP contribution in [-0.4, -0.2) is 35.1 Å². The van der Waals surface area contributed by atoms with Crippen LogP contribution in [0.5, 0.6) is 0 Å². The first-order valence-corrected chi connectivity index (χ1v) is 12.2. The van der Waals surface area contributed by atoms with Gasteiger partial charge in [-0.2, -0.15) is 0 Å². The van der Waals surface area contributed by atoms with E-state index < -0.39 is 0 Å². The molecule has 0 radical (unpaired) electrons. The number of fused-ring (bicyclic) bond motifs is 1. The summed E-state index contributed by atoms with van der Waals surface area (Å²) in [5, 5.41) is 4.91. The topological polar surface area (TPSA) is 70.1 Å². The highest BCUT2D eigenvalue weighted by atomic mass is 32.1. The van der Waals surface area contributed by atoms with Crippen LogP contribution in [0.4, 0.5) is 5.69 Å². The van der Waals surface area contributed by atoms with Crippen molar-refractivity contribution in [3.8, 4) is 0 Å². The van der Waals surface area contributed by atoms with Crippen molar-refractivity contribution in [1.82, 2.24) is 14.9 Å². The number of hydrogen-bond donors (Lipinski definition) is 2. The van der Waals surface area contributed by atoms with E-state index in [2.05, 4.69) is 34.3 Å². The lowest BCUT2D eigenvalue weighted by atomic mass is 10.2.